The Labute approximate surface area is 167 Å². The van der Waals surface area contributed by atoms with Gasteiger partial charge < -0.3 is 20.6 Å². The Morgan fingerprint density at radius 2 is 1.90 bits per heavy atom. The number of aromatic nitrogens is 5. The molecular formula is C18H24N8O3. The molecule has 0 spiro atoms. The van der Waals surface area contributed by atoms with Crippen LogP contribution in [0.2, 0.25) is 0 Å². The molecule has 154 valence electrons. The number of nitrogens with two attached hydrogens (primary N) is 1. The third kappa shape index (κ3) is 4.28. The zero-order valence-corrected chi connectivity index (χ0v) is 16.6. The fourth-order valence-electron chi connectivity index (χ4n) is 3.01. The number of aryl methyl sites for hydroxylation is 1. The molecule has 1 aliphatic heterocycles. The highest BCUT2D eigenvalue weighted by Gasteiger charge is 2.26. The summed E-state index contributed by atoms with van der Waals surface area (Å²) in [6, 6.07) is 3.65. The number of rotatable bonds is 3. The number of pyridine rings is 1. The van der Waals surface area contributed by atoms with Crippen molar-refractivity contribution in [2.24, 2.45) is 7.05 Å². The highest BCUT2D eigenvalue weighted by atomic mass is 16.4. The van der Waals surface area contributed by atoms with Gasteiger partial charge in [0, 0.05) is 34.2 Å². The predicted octanol–water partition coefficient (Wildman–Crippen LogP) is 0.732. The molecule has 3 aromatic heterocycles. The van der Waals surface area contributed by atoms with Crippen molar-refractivity contribution < 1.29 is 14.7 Å². The van der Waals surface area contributed by atoms with Crippen LogP contribution in [0.15, 0.2) is 24.5 Å². The lowest BCUT2D eigenvalue weighted by molar-refractivity contribution is 0.0670. The first-order valence-electron chi connectivity index (χ1n) is 9.11. The molecule has 1 saturated heterocycles. The second-order valence-electron chi connectivity index (χ2n) is 6.91. The standard InChI is InChI=1S/C10H13N3O3.C8H11N5/c1-12-8(10(15)16)7(6-11-12)9(14)13-4-2-3-5-13;1-12(2)8-10-7-4-3-6(9)5-13(7)11-8/h6H,2-5H2,1H3,(H,15,16);3-5H,9H2,1-2H3. The van der Waals surface area contributed by atoms with E-state index in [1.807, 2.05) is 31.1 Å². The average molecular weight is 400 g/mol. The Morgan fingerprint density at radius 3 is 2.52 bits per heavy atom. The second kappa shape index (κ2) is 8.17. The number of carbonyl (C=O) groups is 2. The molecule has 1 aliphatic rings. The van der Waals surface area contributed by atoms with E-state index < -0.39 is 5.97 Å². The lowest BCUT2D eigenvalue weighted by Crippen LogP contribution is -2.29. The molecule has 11 heteroatoms. The van der Waals surface area contributed by atoms with Crippen molar-refractivity contribution in [3.63, 3.8) is 0 Å². The van der Waals surface area contributed by atoms with E-state index in [1.165, 1.54) is 17.9 Å². The normalized spacial score (nSPS) is 13.3. The van der Waals surface area contributed by atoms with Crippen molar-refractivity contribution in [3.8, 4) is 0 Å². The van der Waals surface area contributed by atoms with E-state index in [0.717, 1.165) is 18.5 Å². The molecule has 29 heavy (non-hydrogen) atoms. The third-order valence-corrected chi connectivity index (χ3v) is 4.51. The number of likely N-dealkylation sites (tertiary alicyclic amines) is 1. The first-order chi connectivity index (χ1) is 13.8. The fraction of sp³-hybridized carbons (Fsp3) is 0.389. The van der Waals surface area contributed by atoms with Crippen molar-refractivity contribution >= 4 is 29.2 Å². The maximum absolute atomic E-state index is 12.0. The molecule has 0 aromatic carbocycles. The highest BCUT2D eigenvalue weighted by Crippen LogP contribution is 2.15. The number of hydrogen-bond acceptors (Lipinski definition) is 7. The van der Waals surface area contributed by atoms with Crippen LogP contribution >= 0.6 is 0 Å². The Balaban J connectivity index is 0.000000169. The summed E-state index contributed by atoms with van der Waals surface area (Å²) in [6.45, 7) is 1.40. The summed E-state index contributed by atoms with van der Waals surface area (Å²) >= 11 is 0. The van der Waals surface area contributed by atoms with E-state index in [0.29, 0.717) is 24.7 Å². The van der Waals surface area contributed by atoms with E-state index in [4.69, 9.17) is 10.8 Å². The Bertz CT molecular complexity index is 1030. The smallest absolute Gasteiger partial charge is 0.354 e. The highest BCUT2D eigenvalue weighted by molar-refractivity contribution is 6.03. The molecule has 3 N–H and O–H groups in total. The first-order valence-corrected chi connectivity index (χ1v) is 9.11. The van der Waals surface area contributed by atoms with E-state index in [-0.39, 0.29) is 17.2 Å². The molecule has 4 rings (SSSR count). The van der Waals surface area contributed by atoms with Crippen LogP contribution in [0.1, 0.15) is 33.7 Å². The maximum atomic E-state index is 12.0. The van der Waals surface area contributed by atoms with E-state index >= 15 is 0 Å². The third-order valence-electron chi connectivity index (χ3n) is 4.51. The van der Waals surface area contributed by atoms with Crippen LogP contribution in [0.4, 0.5) is 11.6 Å². The molecule has 11 nitrogen and oxygen atoms in total. The van der Waals surface area contributed by atoms with Gasteiger partial charge in [0.05, 0.1) is 23.6 Å². The van der Waals surface area contributed by atoms with Gasteiger partial charge in [-0.25, -0.2) is 9.31 Å². The van der Waals surface area contributed by atoms with Gasteiger partial charge in [-0.15, -0.1) is 5.10 Å². The molecule has 1 fully saturated rings. The topological polar surface area (TPSA) is 135 Å². The zero-order chi connectivity index (χ0) is 21.1. The van der Waals surface area contributed by atoms with E-state index in [1.54, 1.807) is 15.6 Å². The first kappa shape index (κ1) is 20.1. The molecule has 1 amide bonds. The summed E-state index contributed by atoms with van der Waals surface area (Å²) in [6.07, 6.45) is 5.03. The summed E-state index contributed by atoms with van der Waals surface area (Å²) in [7, 11) is 5.32. The van der Waals surface area contributed by atoms with Gasteiger partial charge in [0.25, 0.3) is 5.91 Å². The number of fused-ring (bicyclic) bond motifs is 1. The number of hydrogen-bond donors (Lipinski definition) is 2. The molecule has 0 bridgehead atoms. The van der Waals surface area contributed by atoms with Crippen molar-refractivity contribution in [2.75, 3.05) is 37.8 Å². The van der Waals surface area contributed by atoms with Crippen molar-refractivity contribution in [2.45, 2.75) is 12.8 Å². The lowest BCUT2D eigenvalue weighted by atomic mass is 10.2. The lowest BCUT2D eigenvalue weighted by Gasteiger charge is -2.14. The van der Waals surface area contributed by atoms with Crippen molar-refractivity contribution in [1.29, 1.82) is 0 Å². The van der Waals surface area contributed by atoms with Gasteiger partial charge in [-0.1, -0.05) is 0 Å². The largest absolute Gasteiger partial charge is 0.477 e. The van der Waals surface area contributed by atoms with Gasteiger partial charge in [-0.2, -0.15) is 10.1 Å². The maximum Gasteiger partial charge on any atom is 0.354 e. The Hall–Kier alpha value is -3.63. The number of aromatic carboxylic acids is 1. The number of carboxylic acids is 1. The van der Waals surface area contributed by atoms with Crippen LogP contribution in [0, 0.1) is 0 Å². The molecule has 0 saturated carbocycles. The summed E-state index contributed by atoms with van der Waals surface area (Å²) in [5, 5.41) is 17.0. The number of nitrogen functional groups attached to an aromatic ring is 1. The number of nitrogens with zero attached hydrogens (tertiary/aromatic N) is 7. The number of amides is 1. The van der Waals surface area contributed by atoms with Gasteiger partial charge in [-0.05, 0) is 25.0 Å². The van der Waals surface area contributed by atoms with Gasteiger partial charge >= 0.3 is 5.97 Å². The Morgan fingerprint density at radius 1 is 1.21 bits per heavy atom. The monoisotopic (exact) mass is 400 g/mol. The van der Waals surface area contributed by atoms with Crippen LogP contribution in [0.5, 0.6) is 0 Å². The average Bonchev–Trinajstić information content (AvgIpc) is 3.40. The molecular weight excluding hydrogens is 376 g/mol. The predicted molar refractivity (Wildman–Crippen MR) is 107 cm³/mol. The van der Waals surface area contributed by atoms with Crippen molar-refractivity contribution in [1.82, 2.24) is 29.3 Å². The number of carbonyl (C=O) groups excluding carboxylic acids is 1. The molecule has 0 aliphatic carbocycles. The van der Waals surface area contributed by atoms with Crippen LogP contribution in [-0.4, -0.2) is 73.4 Å². The molecule has 0 unspecified atom stereocenters. The molecule has 3 aromatic rings. The van der Waals surface area contributed by atoms with Gasteiger partial charge in [0.15, 0.2) is 11.3 Å². The van der Waals surface area contributed by atoms with E-state index in [2.05, 4.69) is 15.2 Å². The molecule has 0 atom stereocenters. The van der Waals surface area contributed by atoms with E-state index in [9.17, 15) is 9.59 Å². The minimum Gasteiger partial charge on any atom is -0.477 e. The number of anilines is 2. The van der Waals surface area contributed by atoms with Crippen molar-refractivity contribution in [3.05, 3.63) is 35.8 Å². The summed E-state index contributed by atoms with van der Waals surface area (Å²) in [4.78, 5) is 30.8. The van der Waals surface area contributed by atoms with Gasteiger partial charge in [-0.3, -0.25) is 9.48 Å². The fourth-order valence-corrected chi connectivity index (χ4v) is 3.01. The minimum atomic E-state index is -1.12. The minimum absolute atomic E-state index is 0.0445. The van der Waals surface area contributed by atoms with Crippen LogP contribution < -0.4 is 10.6 Å². The summed E-state index contributed by atoms with van der Waals surface area (Å²) in [5.74, 6) is -0.670. The quantitative estimate of drug-likeness (QED) is 0.657. The number of carboxylic acid groups (broad SMARTS) is 1. The van der Waals surface area contributed by atoms with Gasteiger partial charge in [0.2, 0.25) is 5.95 Å². The van der Waals surface area contributed by atoms with Gasteiger partial charge in [0.1, 0.15) is 0 Å². The second-order valence-corrected chi connectivity index (χ2v) is 6.91. The SMILES string of the molecule is CN(C)c1nc2ccc(N)cn2n1.Cn1ncc(C(=O)N2CCCC2)c1C(=O)O. The van der Waals surface area contributed by atoms with Crippen LogP contribution in [0.25, 0.3) is 5.65 Å². The summed E-state index contributed by atoms with van der Waals surface area (Å²) < 4.78 is 2.89. The zero-order valence-electron chi connectivity index (χ0n) is 16.6. The Kier molecular flexibility index (Phi) is 5.66. The van der Waals surface area contributed by atoms with Crippen LogP contribution in [0.3, 0.4) is 0 Å². The summed E-state index contributed by atoms with van der Waals surface area (Å²) in [5.41, 5.74) is 7.23. The van der Waals surface area contributed by atoms with Crippen LogP contribution in [-0.2, 0) is 7.05 Å². The molecule has 0 radical (unpaired) electrons. The molecule has 4 heterocycles.